The van der Waals surface area contributed by atoms with Crippen LogP contribution in [-0.2, 0) is 4.74 Å². The minimum Gasteiger partial charge on any atom is -0.495 e. The van der Waals surface area contributed by atoms with E-state index in [-0.39, 0.29) is 18.2 Å². The number of rotatable bonds is 2. The lowest BCUT2D eigenvalue weighted by Crippen LogP contribution is -2.56. The third-order valence-corrected chi connectivity index (χ3v) is 4.80. The number of ether oxygens (including phenoxy) is 2. The molecule has 2 aliphatic heterocycles. The van der Waals surface area contributed by atoms with Crippen molar-refractivity contribution < 1.29 is 14.3 Å². The number of halogens is 1. The summed E-state index contributed by atoms with van der Waals surface area (Å²) in [6, 6.07) is 6.06. The van der Waals surface area contributed by atoms with E-state index in [1.54, 1.807) is 7.11 Å². The zero-order chi connectivity index (χ0) is 17.5. The molecule has 2 fully saturated rings. The van der Waals surface area contributed by atoms with Crippen LogP contribution >= 0.6 is 11.6 Å². The average molecular weight is 353 g/mol. The Labute approximate surface area is 148 Å². The highest BCUT2D eigenvalue weighted by Gasteiger charge is 2.44. The number of carbonyl (C=O) groups excluding carboxylic acids is 1. The molecule has 2 unspecified atom stereocenters. The SMILES string of the molecule is COc1cc(Cl)ccc1N1CC2CCC(C1)N2C(=O)OC(C)(C)C. The van der Waals surface area contributed by atoms with Crippen molar-refractivity contribution in [1.82, 2.24) is 4.90 Å². The lowest BCUT2D eigenvalue weighted by atomic mass is 10.1. The molecule has 0 aromatic heterocycles. The van der Waals surface area contributed by atoms with Crippen LogP contribution in [0.1, 0.15) is 33.6 Å². The van der Waals surface area contributed by atoms with Gasteiger partial charge in [0.15, 0.2) is 0 Å². The number of nitrogens with zero attached hydrogens (tertiary/aromatic N) is 2. The van der Waals surface area contributed by atoms with E-state index in [0.717, 1.165) is 37.4 Å². The minimum absolute atomic E-state index is 0.180. The van der Waals surface area contributed by atoms with Gasteiger partial charge in [-0.05, 0) is 45.7 Å². The molecule has 2 saturated heterocycles. The second-order valence-electron chi connectivity index (χ2n) is 7.49. The fraction of sp³-hybridized carbons (Fsp3) is 0.611. The maximum atomic E-state index is 12.5. The van der Waals surface area contributed by atoms with Gasteiger partial charge >= 0.3 is 6.09 Å². The van der Waals surface area contributed by atoms with Crippen LogP contribution in [0.2, 0.25) is 5.02 Å². The van der Waals surface area contributed by atoms with Gasteiger partial charge in [-0.15, -0.1) is 0 Å². The molecule has 0 spiro atoms. The van der Waals surface area contributed by atoms with Gasteiger partial charge in [-0.3, -0.25) is 4.90 Å². The van der Waals surface area contributed by atoms with Crippen molar-refractivity contribution in [1.29, 1.82) is 0 Å². The van der Waals surface area contributed by atoms with Crippen LogP contribution in [-0.4, -0.2) is 48.9 Å². The van der Waals surface area contributed by atoms with E-state index < -0.39 is 5.60 Å². The van der Waals surface area contributed by atoms with Crippen molar-refractivity contribution in [2.24, 2.45) is 0 Å². The minimum atomic E-state index is -0.465. The summed E-state index contributed by atoms with van der Waals surface area (Å²) in [7, 11) is 1.65. The van der Waals surface area contributed by atoms with Crippen molar-refractivity contribution >= 4 is 23.4 Å². The van der Waals surface area contributed by atoms with Crippen LogP contribution in [0.4, 0.5) is 10.5 Å². The molecule has 1 amide bonds. The van der Waals surface area contributed by atoms with Gasteiger partial charge in [0, 0.05) is 24.2 Å². The van der Waals surface area contributed by atoms with Gasteiger partial charge < -0.3 is 14.4 Å². The molecule has 2 atom stereocenters. The maximum Gasteiger partial charge on any atom is 0.410 e. The average Bonchev–Trinajstić information content (AvgIpc) is 2.76. The highest BCUT2D eigenvalue weighted by atomic mass is 35.5. The summed E-state index contributed by atoms with van der Waals surface area (Å²) < 4.78 is 11.1. The fourth-order valence-electron chi connectivity index (χ4n) is 3.63. The summed E-state index contributed by atoms with van der Waals surface area (Å²) in [5.41, 5.74) is 0.565. The standard InChI is InChI=1S/C18H25ClN2O3/c1-18(2,3)24-17(22)21-13-6-7-14(21)11-20(10-13)15-8-5-12(19)9-16(15)23-4/h5,8-9,13-14H,6-7,10-11H2,1-4H3. The Morgan fingerprint density at radius 2 is 1.83 bits per heavy atom. The van der Waals surface area contributed by atoms with Crippen LogP contribution in [0.5, 0.6) is 5.75 Å². The van der Waals surface area contributed by atoms with Crippen LogP contribution in [0, 0.1) is 0 Å². The summed E-state index contributed by atoms with van der Waals surface area (Å²) in [6.07, 6.45) is 1.82. The molecule has 2 aliphatic rings. The topological polar surface area (TPSA) is 42.0 Å². The number of carbonyl (C=O) groups is 1. The quantitative estimate of drug-likeness (QED) is 0.808. The zero-order valence-electron chi connectivity index (χ0n) is 14.7. The molecule has 6 heteroatoms. The Bertz CT molecular complexity index is 615. The number of piperazine rings is 1. The molecule has 1 aromatic rings. The Morgan fingerprint density at radius 1 is 1.21 bits per heavy atom. The van der Waals surface area contributed by atoms with Crippen molar-refractivity contribution in [3.63, 3.8) is 0 Å². The van der Waals surface area contributed by atoms with Gasteiger partial charge in [0.25, 0.3) is 0 Å². The van der Waals surface area contributed by atoms with Crippen LogP contribution in [0.3, 0.4) is 0 Å². The fourth-order valence-corrected chi connectivity index (χ4v) is 3.79. The molecule has 24 heavy (non-hydrogen) atoms. The predicted octanol–water partition coefficient (Wildman–Crippen LogP) is 3.94. The first-order valence-corrected chi connectivity index (χ1v) is 8.76. The Morgan fingerprint density at radius 3 is 2.38 bits per heavy atom. The van der Waals surface area contributed by atoms with Crippen molar-refractivity contribution in [2.45, 2.75) is 51.3 Å². The third kappa shape index (κ3) is 3.41. The van der Waals surface area contributed by atoms with E-state index in [1.807, 2.05) is 43.9 Å². The molecular formula is C18H25ClN2O3. The first-order valence-electron chi connectivity index (χ1n) is 8.38. The van der Waals surface area contributed by atoms with Gasteiger partial charge in [0.1, 0.15) is 11.4 Å². The smallest absolute Gasteiger partial charge is 0.410 e. The van der Waals surface area contributed by atoms with E-state index in [9.17, 15) is 4.79 Å². The number of benzene rings is 1. The van der Waals surface area contributed by atoms with Crippen molar-refractivity contribution in [3.05, 3.63) is 23.2 Å². The number of hydrogen-bond acceptors (Lipinski definition) is 4. The molecule has 0 N–H and O–H groups in total. The Balaban J connectivity index is 1.77. The van der Waals surface area contributed by atoms with Crippen molar-refractivity contribution in [3.8, 4) is 5.75 Å². The second kappa shape index (κ2) is 6.36. The van der Waals surface area contributed by atoms with E-state index in [4.69, 9.17) is 21.1 Å². The van der Waals surface area contributed by atoms with Crippen LogP contribution in [0.25, 0.3) is 0 Å². The Kier molecular flexibility index (Phi) is 4.56. The largest absolute Gasteiger partial charge is 0.495 e. The highest BCUT2D eigenvalue weighted by Crippen LogP contribution is 2.38. The lowest BCUT2D eigenvalue weighted by molar-refractivity contribution is 0.0123. The molecule has 0 radical (unpaired) electrons. The number of amides is 1. The van der Waals surface area contributed by atoms with Gasteiger partial charge in [0.2, 0.25) is 0 Å². The van der Waals surface area contributed by atoms with Crippen molar-refractivity contribution in [2.75, 3.05) is 25.1 Å². The summed E-state index contributed by atoms with van der Waals surface area (Å²) in [5.74, 6) is 0.771. The molecule has 132 valence electrons. The number of fused-ring (bicyclic) bond motifs is 2. The monoisotopic (exact) mass is 352 g/mol. The first kappa shape index (κ1) is 17.2. The lowest BCUT2D eigenvalue weighted by Gasteiger charge is -2.42. The summed E-state index contributed by atoms with van der Waals surface area (Å²) in [5, 5.41) is 0.658. The maximum absolute atomic E-state index is 12.5. The summed E-state index contributed by atoms with van der Waals surface area (Å²) in [4.78, 5) is 16.8. The van der Waals surface area contributed by atoms with Crippen LogP contribution < -0.4 is 9.64 Å². The Hall–Kier alpha value is -1.62. The molecule has 2 heterocycles. The van der Waals surface area contributed by atoms with Gasteiger partial charge in [-0.1, -0.05) is 11.6 Å². The molecule has 0 saturated carbocycles. The van der Waals surface area contributed by atoms with E-state index in [2.05, 4.69) is 4.90 Å². The molecule has 3 rings (SSSR count). The van der Waals surface area contributed by atoms with E-state index in [1.165, 1.54) is 0 Å². The predicted molar refractivity (Wildman–Crippen MR) is 95.1 cm³/mol. The molecule has 2 bridgehead atoms. The first-order chi connectivity index (χ1) is 11.3. The third-order valence-electron chi connectivity index (χ3n) is 4.57. The normalized spacial score (nSPS) is 23.4. The second-order valence-corrected chi connectivity index (χ2v) is 7.93. The molecular weight excluding hydrogens is 328 g/mol. The summed E-state index contributed by atoms with van der Waals surface area (Å²) >= 11 is 6.06. The van der Waals surface area contributed by atoms with Gasteiger partial charge in [-0.2, -0.15) is 0 Å². The van der Waals surface area contributed by atoms with Gasteiger partial charge in [0.05, 0.1) is 24.9 Å². The molecule has 1 aromatic carbocycles. The molecule has 5 nitrogen and oxygen atoms in total. The number of anilines is 1. The van der Waals surface area contributed by atoms with Gasteiger partial charge in [-0.25, -0.2) is 4.79 Å². The molecule has 0 aliphatic carbocycles. The highest BCUT2D eigenvalue weighted by molar-refractivity contribution is 6.30. The van der Waals surface area contributed by atoms with E-state index in [0.29, 0.717) is 5.02 Å². The zero-order valence-corrected chi connectivity index (χ0v) is 15.5. The van der Waals surface area contributed by atoms with Crippen LogP contribution in [0.15, 0.2) is 18.2 Å². The summed E-state index contributed by atoms with van der Waals surface area (Å²) in [6.45, 7) is 7.28. The number of methoxy groups -OCH3 is 1. The van der Waals surface area contributed by atoms with E-state index >= 15 is 0 Å². The number of hydrogen-bond donors (Lipinski definition) is 0.